The first-order valence-electron chi connectivity index (χ1n) is 10.5. The van der Waals surface area contributed by atoms with Gasteiger partial charge < -0.3 is 20.7 Å². The number of aliphatic hydroxyl groups excluding tert-OH is 1. The second kappa shape index (κ2) is 9.21. The predicted octanol–water partition coefficient (Wildman–Crippen LogP) is 4.97. The van der Waals surface area contributed by atoms with Crippen molar-refractivity contribution in [3.63, 3.8) is 0 Å². The Bertz CT molecular complexity index is 1190. The molecule has 182 valence electrons. The van der Waals surface area contributed by atoms with Crippen molar-refractivity contribution in [3.8, 4) is 11.3 Å². The Morgan fingerprint density at radius 2 is 1.76 bits per heavy atom. The number of aromatic nitrogens is 1. The lowest BCUT2D eigenvalue weighted by Crippen LogP contribution is -2.52. The lowest BCUT2D eigenvalue weighted by molar-refractivity contribution is -0.160. The molecule has 1 saturated carbocycles. The molecule has 4 N–H and O–H groups in total. The van der Waals surface area contributed by atoms with Crippen LogP contribution in [0, 0.1) is 23.4 Å². The molecule has 0 unspecified atom stereocenters. The molecule has 3 aromatic rings. The third-order valence-corrected chi connectivity index (χ3v) is 6.08. The summed E-state index contributed by atoms with van der Waals surface area (Å²) in [6.45, 7) is -1.18. The minimum Gasteiger partial charge on any atom is -0.394 e. The number of H-pyrrole nitrogens is 1. The van der Waals surface area contributed by atoms with E-state index < -0.39 is 42.3 Å². The van der Waals surface area contributed by atoms with Gasteiger partial charge in [0.1, 0.15) is 23.5 Å². The highest BCUT2D eigenvalue weighted by Gasteiger charge is 2.40. The number of hydrogen-bond acceptors (Lipinski definition) is 2. The maximum absolute atomic E-state index is 14.4. The van der Waals surface area contributed by atoms with E-state index in [1.54, 1.807) is 5.32 Å². The third kappa shape index (κ3) is 4.84. The summed E-state index contributed by atoms with van der Waals surface area (Å²) in [6, 6.07) is 4.14. The largest absolute Gasteiger partial charge is 0.410 e. The van der Waals surface area contributed by atoms with Crippen LogP contribution >= 0.6 is 0 Å². The monoisotopic (exact) mass is 485 g/mol. The zero-order valence-corrected chi connectivity index (χ0v) is 17.6. The van der Waals surface area contributed by atoms with Gasteiger partial charge in [-0.05, 0) is 66.1 Å². The van der Waals surface area contributed by atoms with E-state index in [9.17, 15) is 31.1 Å². The average molecular weight is 485 g/mol. The molecule has 0 bridgehead atoms. The summed E-state index contributed by atoms with van der Waals surface area (Å²) in [5.41, 5.74) is 1.91. The zero-order chi connectivity index (χ0) is 24.6. The van der Waals surface area contributed by atoms with Crippen LogP contribution in [0.1, 0.15) is 24.3 Å². The molecule has 1 heterocycles. The molecule has 1 atom stereocenters. The molecule has 0 radical (unpaired) electrons. The Balaban J connectivity index is 1.49. The molecule has 0 saturated heterocycles. The van der Waals surface area contributed by atoms with Gasteiger partial charge in [-0.15, -0.1) is 0 Å². The first-order valence-corrected chi connectivity index (χ1v) is 10.5. The molecule has 0 aliphatic heterocycles. The van der Waals surface area contributed by atoms with Crippen LogP contribution < -0.4 is 10.6 Å². The lowest BCUT2D eigenvalue weighted by atomic mass is 9.70. The minimum atomic E-state index is -4.77. The van der Waals surface area contributed by atoms with Crippen molar-refractivity contribution in [3.05, 3.63) is 59.4 Å². The maximum Gasteiger partial charge on any atom is 0.410 e. The van der Waals surface area contributed by atoms with Crippen LogP contribution in [0.3, 0.4) is 0 Å². The molecule has 1 aliphatic rings. The fourth-order valence-electron chi connectivity index (χ4n) is 4.32. The number of rotatable bonds is 6. The molecule has 11 heteroatoms. The SMILES string of the molecule is O=C(NC[C@H]1C[C@H](c2c(-c3ccc(F)cc3)[nH]c3c(F)cc(F)cc32)C1)N[C@@H](CO)C(F)(F)F. The molecule has 2 amide bonds. The molecule has 1 fully saturated rings. The van der Waals surface area contributed by atoms with Crippen molar-refractivity contribution in [1.82, 2.24) is 15.6 Å². The van der Waals surface area contributed by atoms with E-state index in [2.05, 4.69) is 10.3 Å². The number of carbonyl (C=O) groups excluding carboxylic acids is 1. The number of fused-ring (bicyclic) bond motifs is 1. The topological polar surface area (TPSA) is 77.2 Å². The summed E-state index contributed by atoms with van der Waals surface area (Å²) in [6.07, 6.45) is -3.74. The summed E-state index contributed by atoms with van der Waals surface area (Å²) >= 11 is 0. The third-order valence-electron chi connectivity index (χ3n) is 6.08. The summed E-state index contributed by atoms with van der Waals surface area (Å²) in [5.74, 6) is -2.15. The number of carbonyl (C=O) groups is 1. The number of alkyl halides is 3. The Morgan fingerprint density at radius 3 is 2.38 bits per heavy atom. The fourth-order valence-corrected chi connectivity index (χ4v) is 4.32. The second-order valence-electron chi connectivity index (χ2n) is 8.40. The van der Waals surface area contributed by atoms with E-state index in [0.717, 1.165) is 6.07 Å². The standard InChI is InChI=1S/C23H21F6N3O2/c24-14-3-1-12(2-4-14)20-19(16-7-15(25)8-17(26)21(16)32-20)13-5-11(6-13)9-30-22(34)31-18(10-33)23(27,28)29/h1-4,7-8,11,13,18,32-33H,5-6,9-10H2,(H2,30,31,34)/t11-,13-,18-/m0/s1. The summed E-state index contributed by atoms with van der Waals surface area (Å²) < 4.78 is 79.8. The van der Waals surface area contributed by atoms with Crippen molar-refractivity contribution in [1.29, 1.82) is 0 Å². The molecule has 4 rings (SSSR count). The van der Waals surface area contributed by atoms with Gasteiger partial charge in [0, 0.05) is 18.0 Å². The first-order chi connectivity index (χ1) is 16.1. The molecule has 1 aromatic heterocycles. The van der Waals surface area contributed by atoms with E-state index in [-0.39, 0.29) is 23.9 Å². The van der Waals surface area contributed by atoms with Crippen LogP contribution in [0.25, 0.3) is 22.2 Å². The van der Waals surface area contributed by atoms with Gasteiger partial charge >= 0.3 is 12.2 Å². The van der Waals surface area contributed by atoms with Crippen LogP contribution in [0.15, 0.2) is 36.4 Å². The Labute approximate surface area is 190 Å². The van der Waals surface area contributed by atoms with Crippen molar-refractivity contribution < 1.29 is 36.2 Å². The van der Waals surface area contributed by atoms with Gasteiger partial charge in [-0.3, -0.25) is 0 Å². The van der Waals surface area contributed by atoms with Gasteiger partial charge in [0.25, 0.3) is 0 Å². The number of benzene rings is 2. The van der Waals surface area contributed by atoms with Crippen LogP contribution in [-0.4, -0.2) is 41.5 Å². The Morgan fingerprint density at radius 1 is 1.09 bits per heavy atom. The van der Waals surface area contributed by atoms with E-state index in [0.29, 0.717) is 35.0 Å². The molecule has 34 heavy (non-hydrogen) atoms. The van der Waals surface area contributed by atoms with Crippen molar-refractivity contribution >= 4 is 16.9 Å². The molecule has 2 aromatic carbocycles. The summed E-state index contributed by atoms with van der Waals surface area (Å²) in [5, 5.41) is 13.2. The number of aromatic amines is 1. The van der Waals surface area contributed by atoms with E-state index >= 15 is 0 Å². The van der Waals surface area contributed by atoms with Gasteiger partial charge in [-0.1, -0.05) is 0 Å². The molecular weight excluding hydrogens is 464 g/mol. The number of amides is 2. The minimum absolute atomic E-state index is 0.0707. The highest BCUT2D eigenvalue weighted by molar-refractivity contribution is 5.92. The highest BCUT2D eigenvalue weighted by Crippen LogP contribution is 2.48. The predicted molar refractivity (Wildman–Crippen MR) is 113 cm³/mol. The van der Waals surface area contributed by atoms with Gasteiger partial charge in [0.2, 0.25) is 0 Å². The first kappa shape index (κ1) is 23.9. The van der Waals surface area contributed by atoms with E-state index in [1.165, 1.54) is 30.3 Å². The molecular formula is C23H21F6N3O2. The maximum atomic E-state index is 14.4. The molecule has 0 spiro atoms. The fraction of sp³-hybridized carbons (Fsp3) is 0.348. The second-order valence-corrected chi connectivity index (χ2v) is 8.40. The van der Waals surface area contributed by atoms with Crippen LogP contribution in [0.4, 0.5) is 31.1 Å². The average Bonchev–Trinajstić information content (AvgIpc) is 3.10. The van der Waals surface area contributed by atoms with Crippen LogP contribution in [0.5, 0.6) is 0 Å². The Hall–Kier alpha value is -3.21. The number of hydrogen-bond donors (Lipinski definition) is 4. The van der Waals surface area contributed by atoms with Gasteiger partial charge in [-0.2, -0.15) is 13.2 Å². The smallest absolute Gasteiger partial charge is 0.394 e. The van der Waals surface area contributed by atoms with Crippen molar-refractivity contribution in [2.75, 3.05) is 13.2 Å². The number of urea groups is 1. The normalized spacial score (nSPS) is 19.0. The summed E-state index contributed by atoms with van der Waals surface area (Å²) in [4.78, 5) is 14.8. The lowest BCUT2D eigenvalue weighted by Gasteiger charge is -2.36. The van der Waals surface area contributed by atoms with Crippen molar-refractivity contribution in [2.24, 2.45) is 5.92 Å². The van der Waals surface area contributed by atoms with Crippen LogP contribution in [-0.2, 0) is 0 Å². The van der Waals surface area contributed by atoms with Gasteiger partial charge in [-0.25, -0.2) is 18.0 Å². The quantitative estimate of drug-likeness (QED) is 0.372. The van der Waals surface area contributed by atoms with Crippen LogP contribution in [0.2, 0.25) is 0 Å². The van der Waals surface area contributed by atoms with Gasteiger partial charge in [0.05, 0.1) is 17.8 Å². The number of halogens is 6. The molecule has 1 aliphatic carbocycles. The number of nitrogens with one attached hydrogen (secondary N) is 3. The zero-order valence-electron chi connectivity index (χ0n) is 17.6. The number of aliphatic hydroxyl groups is 1. The summed E-state index contributed by atoms with van der Waals surface area (Å²) in [7, 11) is 0. The van der Waals surface area contributed by atoms with Gasteiger partial charge in [0.15, 0.2) is 0 Å². The Kier molecular flexibility index (Phi) is 6.48. The van der Waals surface area contributed by atoms with E-state index in [1.807, 2.05) is 0 Å². The van der Waals surface area contributed by atoms with E-state index in [4.69, 9.17) is 5.11 Å². The van der Waals surface area contributed by atoms with Crippen molar-refractivity contribution in [2.45, 2.75) is 31.0 Å². The highest BCUT2D eigenvalue weighted by atomic mass is 19.4. The molecule has 5 nitrogen and oxygen atoms in total.